The fourth-order valence-electron chi connectivity index (χ4n) is 6.43. The van der Waals surface area contributed by atoms with Crippen LogP contribution in [0.1, 0.15) is 41.0 Å². The zero-order valence-corrected chi connectivity index (χ0v) is 23.9. The van der Waals surface area contributed by atoms with Crippen LogP contribution in [0, 0.1) is 6.92 Å². The van der Waals surface area contributed by atoms with Gasteiger partial charge in [-0.3, -0.25) is 0 Å². The summed E-state index contributed by atoms with van der Waals surface area (Å²) in [6.07, 6.45) is -0.466. The molecule has 3 atom stereocenters. The second kappa shape index (κ2) is 9.43. The first-order valence-corrected chi connectivity index (χ1v) is 15.3. The number of sulfonamides is 1. The van der Waals surface area contributed by atoms with Crippen molar-refractivity contribution in [2.75, 3.05) is 11.4 Å². The first-order chi connectivity index (χ1) is 19.3. The summed E-state index contributed by atoms with van der Waals surface area (Å²) in [4.78, 5) is 2.43. The Bertz CT molecular complexity index is 1690. The van der Waals surface area contributed by atoms with Crippen LogP contribution in [0.4, 0.5) is 5.69 Å². The zero-order valence-electron chi connectivity index (χ0n) is 22.4. The topological polar surface area (TPSA) is 53.1 Å². The summed E-state index contributed by atoms with van der Waals surface area (Å²) >= 11 is 6.19. The van der Waals surface area contributed by atoms with Gasteiger partial charge in [0.15, 0.2) is 6.23 Å². The molecule has 8 heteroatoms. The molecule has 204 valence electrons. The third-order valence-corrected chi connectivity index (χ3v) is 10.4. The van der Waals surface area contributed by atoms with Crippen molar-refractivity contribution in [3.05, 3.63) is 130 Å². The number of ether oxygens (including phenoxy) is 1. The van der Waals surface area contributed by atoms with Crippen LogP contribution >= 0.6 is 11.6 Å². The Morgan fingerprint density at radius 2 is 1.62 bits per heavy atom. The number of para-hydroxylation sites is 1. The summed E-state index contributed by atoms with van der Waals surface area (Å²) in [6.45, 7) is 5.00. The predicted molar refractivity (Wildman–Crippen MR) is 156 cm³/mol. The van der Waals surface area contributed by atoms with E-state index in [-0.39, 0.29) is 4.90 Å². The van der Waals surface area contributed by atoms with Gasteiger partial charge in [-0.2, -0.15) is 5.01 Å². The molecule has 3 heterocycles. The van der Waals surface area contributed by atoms with Gasteiger partial charge >= 0.3 is 0 Å². The lowest BCUT2D eigenvalue weighted by Gasteiger charge is -2.56. The van der Waals surface area contributed by atoms with E-state index >= 15 is 0 Å². The minimum absolute atomic E-state index is 0.266. The molecule has 0 bridgehead atoms. The van der Waals surface area contributed by atoms with E-state index in [1.807, 2.05) is 79.5 Å². The number of benzene rings is 4. The number of hydrogen-bond acceptors (Lipinski definition) is 5. The lowest BCUT2D eigenvalue weighted by atomic mass is 9.92. The third kappa shape index (κ3) is 3.91. The lowest BCUT2D eigenvalue weighted by Crippen LogP contribution is -2.69. The van der Waals surface area contributed by atoms with Crippen molar-refractivity contribution in [1.29, 1.82) is 0 Å². The summed E-state index contributed by atoms with van der Waals surface area (Å²) in [7, 11) is -3.98. The van der Waals surface area contributed by atoms with Gasteiger partial charge in [0.05, 0.1) is 4.90 Å². The Labute approximate surface area is 240 Å². The van der Waals surface area contributed by atoms with E-state index in [2.05, 4.69) is 29.2 Å². The fraction of sp³-hybridized carbons (Fsp3) is 0.250. The summed E-state index contributed by atoms with van der Waals surface area (Å²) in [5, 5.41) is 2.58. The highest BCUT2D eigenvalue weighted by Crippen LogP contribution is 2.56. The van der Waals surface area contributed by atoms with Gasteiger partial charge in [-0.05, 0) is 61.7 Å². The van der Waals surface area contributed by atoms with Crippen LogP contribution in [0.5, 0.6) is 0 Å². The van der Waals surface area contributed by atoms with Gasteiger partial charge in [-0.15, -0.1) is 4.41 Å². The average Bonchev–Trinajstić information content (AvgIpc) is 3.20. The summed E-state index contributed by atoms with van der Waals surface area (Å²) in [5.74, 6) is 0. The van der Waals surface area contributed by atoms with E-state index < -0.39 is 28.0 Å². The monoisotopic (exact) mass is 571 g/mol. The standard InChI is InChI=1S/C32H30ClN3O3S/c1-22-11-17-26(18-12-22)40(37,38)36-31-32(2,39-30-27-8-4-3-7-24(27)19-20-35(30)36)28-9-5-6-10-29(28)34(31)21-23-13-15-25(33)16-14-23/h3-18,30-31H,19-21H2,1-2H3/t30-,31+,32+/m1/s1. The van der Waals surface area contributed by atoms with E-state index in [0.29, 0.717) is 18.1 Å². The molecule has 0 saturated carbocycles. The highest BCUT2D eigenvalue weighted by Gasteiger charge is 2.62. The van der Waals surface area contributed by atoms with Crippen LogP contribution in [-0.2, 0) is 33.3 Å². The van der Waals surface area contributed by atoms with Crippen LogP contribution in [0.3, 0.4) is 0 Å². The minimum Gasteiger partial charge on any atom is -0.346 e. The number of hydrazine groups is 1. The molecule has 0 amide bonds. The Morgan fingerprint density at radius 3 is 2.40 bits per heavy atom. The third-order valence-electron chi connectivity index (χ3n) is 8.39. The van der Waals surface area contributed by atoms with E-state index in [1.165, 1.54) is 5.56 Å². The molecule has 7 rings (SSSR count). The smallest absolute Gasteiger partial charge is 0.258 e. The molecule has 0 radical (unpaired) electrons. The number of rotatable bonds is 4. The number of fused-ring (bicyclic) bond motifs is 6. The molecular weight excluding hydrogens is 542 g/mol. The number of halogens is 1. The zero-order chi connectivity index (χ0) is 27.6. The van der Waals surface area contributed by atoms with Crippen LogP contribution in [-0.4, -0.2) is 30.6 Å². The molecular formula is C32H30ClN3O3S. The SMILES string of the molecule is Cc1ccc(S(=O)(=O)N2[C@@H]3N(Cc4ccc(Cl)cc4)c4ccccc4[C@]3(C)O[C@@H]3c4ccccc4CCN32)cc1. The Kier molecular flexibility index (Phi) is 6.07. The number of aryl methyl sites for hydroxylation is 1. The summed E-state index contributed by atoms with van der Waals surface area (Å²) in [5.41, 5.74) is 5.22. The van der Waals surface area contributed by atoms with Gasteiger partial charge < -0.3 is 9.64 Å². The Morgan fingerprint density at radius 1 is 0.925 bits per heavy atom. The predicted octanol–water partition coefficient (Wildman–Crippen LogP) is 6.40. The normalized spacial score (nSPS) is 24.2. The number of nitrogens with zero attached hydrogens (tertiary/aromatic N) is 3. The number of hydrogen-bond donors (Lipinski definition) is 0. The van der Waals surface area contributed by atoms with Crippen molar-refractivity contribution in [1.82, 2.24) is 9.42 Å². The highest BCUT2D eigenvalue weighted by molar-refractivity contribution is 7.89. The quantitative estimate of drug-likeness (QED) is 0.284. The second-order valence-corrected chi connectivity index (χ2v) is 13.2. The van der Waals surface area contributed by atoms with Gasteiger partial charge in [-0.1, -0.05) is 83.9 Å². The maximum absolute atomic E-state index is 14.7. The largest absolute Gasteiger partial charge is 0.346 e. The van der Waals surface area contributed by atoms with Crippen molar-refractivity contribution in [2.24, 2.45) is 0 Å². The van der Waals surface area contributed by atoms with Gasteiger partial charge in [0.1, 0.15) is 11.8 Å². The van der Waals surface area contributed by atoms with Crippen LogP contribution < -0.4 is 4.90 Å². The highest BCUT2D eigenvalue weighted by atomic mass is 35.5. The summed E-state index contributed by atoms with van der Waals surface area (Å²) in [6, 6.07) is 31.1. The van der Waals surface area contributed by atoms with E-state index in [1.54, 1.807) is 16.5 Å². The molecule has 3 aliphatic heterocycles. The van der Waals surface area contributed by atoms with Gasteiger partial charge in [0.25, 0.3) is 10.0 Å². The maximum atomic E-state index is 14.7. The summed E-state index contributed by atoms with van der Waals surface area (Å²) < 4.78 is 38.2. The van der Waals surface area contributed by atoms with E-state index in [4.69, 9.17) is 16.3 Å². The molecule has 0 N–H and O–H groups in total. The first kappa shape index (κ1) is 25.7. The van der Waals surface area contributed by atoms with Gasteiger partial charge in [-0.25, -0.2) is 8.42 Å². The van der Waals surface area contributed by atoms with Crippen molar-refractivity contribution in [3.63, 3.8) is 0 Å². The molecule has 4 aromatic carbocycles. The molecule has 3 aliphatic rings. The molecule has 40 heavy (non-hydrogen) atoms. The molecule has 1 fully saturated rings. The van der Waals surface area contributed by atoms with Crippen molar-refractivity contribution >= 4 is 27.3 Å². The van der Waals surface area contributed by atoms with Crippen molar-refractivity contribution in [3.8, 4) is 0 Å². The fourth-order valence-corrected chi connectivity index (χ4v) is 8.27. The molecule has 6 nitrogen and oxygen atoms in total. The van der Waals surface area contributed by atoms with Gasteiger partial charge in [0, 0.05) is 34.9 Å². The second-order valence-electron chi connectivity index (χ2n) is 10.9. The maximum Gasteiger partial charge on any atom is 0.258 e. The Balaban J connectivity index is 1.44. The molecule has 0 unspecified atom stereocenters. The van der Waals surface area contributed by atoms with Crippen LogP contribution in [0.2, 0.25) is 5.02 Å². The van der Waals surface area contributed by atoms with Crippen molar-refractivity contribution in [2.45, 2.75) is 49.7 Å². The first-order valence-electron chi connectivity index (χ1n) is 13.5. The van der Waals surface area contributed by atoms with Crippen LogP contribution in [0.25, 0.3) is 0 Å². The lowest BCUT2D eigenvalue weighted by molar-refractivity contribution is -0.282. The average molecular weight is 572 g/mol. The molecule has 0 aromatic heterocycles. The van der Waals surface area contributed by atoms with Crippen molar-refractivity contribution < 1.29 is 13.2 Å². The molecule has 0 aliphatic carbocycles. The van der Waals surface area contributed by atoms with Crippen LogP contribution in [0.15, 0.2) is 102 Å². The molecule has 4 aromatic rings. The molecule has 0 spiro atoms. The van der Waals surface area contributed by atoms with E-state index in [0.717, 1.165) is 34.4 Å². The van der Waals surface area contributed by atoms with E-state index in [9.17, 15) is 8.42 Å². The minimum atomic E-state index is -3.98. The number of anilines is 1. The van der Waals surface area contributed by atoms with Gasteiger partial charge in [0.2, 0.25) is 0 Å². The Hall–Kier alpha value is -3.20. The molecule has 1 saturated heterocycles.